The molecule has 0 amide bonds. The lowest BCUT2D eigenvalue weighted by Gasteiger charge is -2.35. The van der Waals surface area contributed by atoms with E-state index in [1.165, 1.54) is 13.2 Å². The van der Waals surface area contributed by atoms with E-state index in [4.69, 9.17) is 9.47 Å². The van der Waals surface area contributed by atoms with Gasteiger partial charge in [0.25, 0.3) is 0 Å². The van der Waals surface area contributed by atoms with Crippen molar-refractivity contribution in [2.24, 2.45) is 5.92 Å². The van der Waals surface area contributed by atoms with Gasteiger partial charge in [-0.15, -0.1) is 0 Å². The SMILES string of the molecule is COc1ncc(CN2[C@@H]3CC[C@H](C3)[C@H]2COc2cccc(C(F)(F)F)c2)cn1. The van der Waals surface area contributed by atoms with E-state index in [1.807, 2.05) is 0 Å². The molecule has 3 atom stereocenters. The van der Waals surface area contributed by atoms with E-state index in [2.05, 4.69) is 14.9 Å². The molecular weight excluding hydrogens is 371 g/mol. The number of nitrogens with zero attached hydrogens (tertiary/aromatic N) is 3. The Morgan fingerprint density at radius 1 is 1.18 bits per heavy atom. The van der Waals surface area contributed by atoms with Gasteiger partial charge in [0.1, 0.15) is 12.4 Å². The summed E-state index contributed by atoms with van der Waals surface area (Å²) >= 11 is 0. The van der Waals surface area contributed by atoms with Crippen molar-refractivity contribution in [3.05, 3.63) is 47.8 Å². The molecule has 1 aliphatic heterocycles. The molecule has 1 aromatic carbocycles. The Bertz CT molecular complexity index is 813. The van der Waals surface area contributed by atoms with Crippen LogP contribution in [0, 0.1) is 5.92 Å². The van der Waals surface area contributed by atoms with Crippen molar-refractivity contribution >= 4 is 0 Å². The number of methoxy groups -OCH3 is 1. The maximum absolute atomic E-state index is 12.9. The molecule has 0 N–H and O–H groups in total. The zero-order chi connectivity index (χ0) is 19.7. The predicted octanol–water partition coefficient (Wildman–Crippen LogP) is 3.94. The molecule has 2 heterocycles. The number of aromatic nitrogens is 2. The Balaban J connectivity index is 1.44. The minimum Gasteiger partial charge on any atom is -0.492 e. The largest absolute Gasteiger partial charge is 0.492 e. The van der Waals surface area contributed by atoms with Crippen LogP contribution in [0.1, 0.15) is 30.4 Å². The lowest BCUT2D eigenvalue weighted by Crippen LogP contribution is -2.43. The summed E-state index contributed by atoms with van der Waals surface area (Å²) in [5, 5.41) is 0. The van der Waals surface area contributed by atoms with Crippen LogP contribution in [0.25, 0.3) is 0 Å². The number of likely N-dealkylation sites (tertiary alicyclic amines) is 1. The number of halogens is 3. The molecule has 5 nitrogen and oxygen atoms in total. The molecule has 150 valence electrons. The van der Waals surface area contributed by atoms with Gasteiger partial charge in [0.2, 0.25) is 0 Å². The van der Waals surface area contributed by atoms with Gasteiger partial charge in [0.15, 0.2) is 0 Å². The van der Waals surface area contributed by atoms with E-state index in [0.29, 0.717) is 31.1 Å². The fourth-order valence-electron chi connectivity index (χ4n) is 4.35. The van der Waals surface area contributed by atoms with Crippen LogP contribution in [0.3, 0.4) is 0 Å². The first-order valence-electron chi connectivity index (χ1n) is 9.35. The van der Waals surface area contributed by atoms with Crippen LogP contribution in [0.2, 0.25) is 0 Å². The van der Waals surface area contributed by atoms with E-state index >= 15 is 0 Å². The van der Waals surface area contributed by atoms with Crippen molar-refractivity contribution in [3.63, 3.8) is 0 Å². The summed E-state index contributed by atoms with van der Waals surface area (Å²) in [6, 6.07) is 6.05. The van der Waals surface area contributed by atoms with Crippen molar-refractivity contribution in [2.75, 3.05) is 13.7 Å². The monoisotopic (exact) mass is 393 g/mol. The first kappa shape index (κ1) is 19.0. The fraction of sp³-hybridized carbons (Fsp3) is 0.500. The Hall–Kier alpha value is -2.35. The lowest BCUT2D eigenvalue weighted by atomic mass is 9.99. The summed E-state index contributed by atoms with van der Waals surface area (Å²) in [5.41, 5.74) is 0.294. The van der Waals surface area contributed by atoms with Gasteiger partial charge in [0, 0.05) is 36.6 Å². The molecule has 2 bridgehead atoms. The van der Waals surface area contributed by atoms with E-state index in [1.54, 1.807) is 18.5 Å². The number of hydrogen-bond acceptors (Lipinski definition) is 5. The Labute approximate surface area is 161 Å². The van der Waals surface area contributed by atoms with E-state index in [0.717, 1.165) is 37.0 Å². The Morgan fingerprint density at radius 3 is 2.68 bits per heavy atom. The first-order chi connectivity index (χ1) is 13.4. The highest BCUT2D eigenvalue weighted by Gasteiger charge is 2.46. The normalized spacial score (nSPS) is 24.5. The summed E-state index contributed by atoms with van der Waals surface area (Å²) in [6.45, 7) is 1.07. The second-order valence-electron chi connectivity index (χ2n) is 7.38. The number of fused-ring (bicyclic) bond motifs is 2. The summed E-state index contributed by atoms with van der Waals surface area (Å²) in [7, 11) is 1.52. The van der Waals surface area contributed by atoms with Gasteiger partial charge in [-0.3, -0.25) is 4.90 Å². The average molecular weight is 393 g/mol. The molecule has 1 aromatic heterocycles. The molecule has 4 rings (SSSR count). The molecule has 8 heteroatoms. The van der Waals surface area contributed by atoms with Crippen LogP contribution < -0.4 is 9.47 Å². The molecular formula is C20H22F3N3O2. The molecule has 0 radical (unpaired) electrons. The second-order valence-corrected chi connectivity index (χ2v) is 7.38. The van der Waals surface area contributed by atoms with Crippen LogP contribution in [0.5, 0.6) is 11.8 Å². The molecule has 2 fully saturated rings. The van der Waals surface area contributed by atoms with Gasteiger partial charge < -0.3 is 9.47 Å². The van der Waals surface area contributed by atoms with Crippen molar-refractivity contribution in [2.45, 2.75) is 44.1 Å². The molecule has 2 aromatic rings. The number of benzene rings is 1. The third-order valence-electron chi connectivity index (χ3n) is 5.70. The van der Waals surface area contributed by atoms with Gasteiger partial charge in [-0.1, -0.05) is 6.07 Å². The van der Waals surface area contributed by atoms with Crippen molar-refractivity contribution in [1.29, 1.82) is 0 Å². The third kappa shape index (κ3) is 3.92. The Morgan fingerprint density at radius 2 is 1.96 bits per heavy atom. The minimum absolute atomic E-state index is 0.176. The number of ether oxygens (including phenoxy) is 2. The van der Waals surface area contributed by atoms with Gasteiger partial charge in [-0.05, 0) is 43.4 Å². The Kier molecular flexibility index (Phi) is 5.14. The van der Waals surface area contributed by atoms with Crippen LogP contribution in [-0.2, 0) is 12.7 Å². The number of rotatable bonds is 6. The number of piperidine rings is 1. The fourth-order valence-corrected chi connectivity index (χ4v) is 4.35. The van der Waals surface area contributed by atoms with Crippen molar-refractivity contribution in [1.82, 2.24) is 14.9 Å². The van der Waals surface area contributed by atoms with Crippen LogP contribution in [-0.4, -0.2) is 40.7 Å². The van der Waals surface area contributed by atoms with Crippen molar-refractivity contribution < 1.29 is 22.6 Å². The number of alkyl halides is 3. The quantitative estimate of drug-likeness (QED) is 0.744. The summed E-state index contributed by atoms with van der Waals surface area (Å²) < 4.78 is 49.5. The van der Waals surface area contributed by atoms with Crippen LogP contribution in [0.4, 0.5) is 13.2 Å². The zero-order valence-corrected chi connectivity index (χ0v) is 15.5. The first-order valence-corrected chi connectivity index (χ1v) is 9.35. The topological polar surface area (TPSA) is 47.5 Å². The third-order valence-corrected chi connectivity index (χ3v) is 5.70. The van der Waals surface area contributed by atoms with Crippen LogP contribution >= 0.6 is 0 Å². The standard InChI is InChI=1S/C20H22F3N3O2/c1-27-19-24-9-13(10-25-19)11-26-16-6-5-14(7-16)18(26)12-28-17-4-2-3-15(8-17)20(21,22)23/h2-4,8-10,14,16,18H,5-7,11-12H2,1H3/t14-,16-,18-/m1/s1. The maximum Gasteiger partial charge on any atom is 0.416 e. The van der Waals surface area contributed by atoms with Gasteiger partial charge in [0.05, 0.1) is 12.7 Å². The van der Waals surface area contributed by atoms with Gasteiger partial charge in [-0.2, -0.15) is 13.2 Å². The van der Waals surface area contributed by atoms with E-state index < -0.39 is 11.7 Å². The predicted molar refractivity (Wildman–Crippen MR) is 96.0 cm³/mol. The van der Waals surface area contributed by atoms with E-state index in [-0.39, 0.29) is 11.8 Å². The van der Waals surface area contributed by atoms with Gasteiger partial charge in [-0.25, -0.2) is 9.97 Å². The smallest absolute Gasteiger partial charge is 0.416 e. The molecule has 2 aliphatic rings. The van der Waals surface area contributed by atoms with E-state index in [9.17, 15) is 13.2 Å². The molecule has 28 heavy (non-hydrogen) atoms. The highest BCUT2D eigenvalue weighted by Crippen LogP contribution is 2.43. The summed E-state index contributed by atoms with van der Waals surface area (Å²) in [6.07, 6.45) is 2.52. The maximum atomic E-state index is 12.9. The molecule has 1 saturated heterocycles. The summed E-state index contributed by atoms with van der Waals surface area (Å²) in [4.78, 5) is 10.7. The van der Waals surface area contributed by atoms with Crippen LogP contribution in [0.15, 0.2) is 36.7 Å². The summed E-state index contributed by atoms with van der Waals surface area (Å²) in [5.74, 6) is 0.764. The second kappa shape index (κ2) is 7.58. The lowest BCUT2D eigenvalue weighted by molar-refractivity contribution is -0.137. The average Bonchev–Trinajstić information content (AvgIpc) is 3.28. The molecule has 1 aliphatic carbocycles. The highest BCUT2D eigenvalue weighted by atomic mass is 19.4. The highest BCUT2D eigenvalue weighted by molar-refractivity contribution is 5.30. The molecule has 0 unspecified atom stereocenters. The van der Waals surface area contributed by atoms with Crippen molar-refractivity contribution in [3.8, 4) is 11.8 Å². The zero-order valence-electron chi connectivity index (χ0n) is 15.5. The number of hydrogen-bond donors (Lipinski definition) is 0. The minimum atomic E-state index is -4.37. The molecule has 0 spiro atoms. The molecule has 1 saturated carbocycles. The van der Waals surface area contributed by atoms with Gasteiger partial charge >= 0.3 is 12.2 Å².